The van der Waals surface area contributed by atoms with Crippen LogP contribution in [-0.4, -0.2) is 98.6 Å². The van der Waals surface area contributed by atoms with Gasteiger partial charge in [0, 0.05) is 44.7 Å². The van der Waals surface area contributed by atoms with Gasteiger partial charge in [0.05, 0.1) is 31.5 Å². The summed E-state index contributed by atoms with van der Waals surface area (Å²) in [4.78, 5) is 33.4. The molecule has 13 heteroatoms. The third-order valence-electron chi connectivity index (χ3n) is 10.7. The van der Waals surface area contributed by atoms with E-state index in [1.54, 1.807) is 25.3 Å². The van der Waals surface area contributed by atoms with Crippen LogP contribution in [0.1, 0.15) is 68.9 Å². The summed E-state index contributed by atoms with van der Waals surface area (Å²) < 4.78 is 31.1. The molecule has 1 aliphatic heterocycles. The Morgan fingerprint density at radius 2 is 1.84 bits per heavy atom. The molecular weight excluding hydrogens is 706 g/mol. The van der Waals surface area contributed by atoms with E-state index in [4.69, 9.17) is 28.5 Å². The fraction of sp³-hybridized carbons (Fsp3) is 0.548. The van der Waals surface area contributed by atoms with Gasteiger partial charge in [-0.05, 0) is 73.8 Å². The van der Waals surface area contributed by atoms with E-state index < -0.39 is 29.9 Å². The lowest BCUT2D eigenvalue weighted by Gasteiger charge is -2.59. The molecule has 0 aromatic heterocycles. The Bertz CT molecular complexity index is 1630. The number of nitrogens with zero attached hydrogens (tertiary/aromatic N) is 2. The van der Waals surface area contributed by atoms with Gasteiger partial charge >= 0.3 is 12.2 Å². The van der Waals surface area contributed by atoms with Crippen molar-refractivity contribution in [1.29, 1.82) is 0 Å². The molecule has 2 aliphatic carbocycles. The van der Waals surface area contributed by atoms with Crippen LogP contribution in [0.3, 0.4) is 0 Å². The molecule has 0 saturated heterocycles. The van der Waals surface area contributed by atoms with Crippen LogP contribution in [0, 0.1) is 17.8 Å². The van der Waals surface area contributed by atoms with Crippen molar-refractivity contribution >= 4 is 17.9 Å². The van der Waals surface area contributed by atoms with E-state index in [2.05, 4.69) is 23.1 Å². The van der Waals surface area contributed by atoms with Gasteiger partial charge in [-0.1, -0.05) is 60.5 Å². The quantitative estimate of drug-likeness (QED) is 0.0790. The zero-order valence-electron chi connectivity index (χ0n) is 32.3. The van der Waals surface area contributed by atoms with Gasteiger partial charge in [0.1, 0.15) is 31.3 Å². The van der Waals surface area contributed by atoms with Crippen LogP contribution in [0.2, 0.25) is 0 Å². The summed E-state index contributed by atoms with van der Waals surface area (Å²) in [5.41, 5.74) is 3.42. The van der Waals surface area contributed by atoms with Gasteiger partial charge in [0.15, 0.2) is 0 Å². The van der Waals surface area contributed by atoms with E-state index in [0.29, 0.717) is 43.2 Å². The molecular formula is C42H57N3O10. The molecule has 1 fully saturated rings. The van der Waals surface area contributed by atoms with Crippen molar-refractivity contribution in [3.05, 3.63) is 84.0 Å². The number of carbonyl (C=O) groups is 2. The van der Waals surface area contributed by atoms with E-state index in [1.807, 2.05) is 43.3 Å². The Labute approximate surface area is 324 Å². The largest absolute Gasteiger partial charge is 0.459 e. The molecule has 2 amide bonds. The maximum absolute atomic E-state index is 13.9. The summed E-state index contributed by atoms with van der Waals surface area (Å²) in [5, 5.41) is 26.7. The zero-order chi connectivity index (χ0) is 39.2. The highest BCUT2D eigenvalue weighted by Gasteiger charge is 2.65. The number of aliphatic hydroxyl groups is 2. The van der Waals surface area contributed by atoms with Crippen LogP contribution in [0.4, 0.5) is 9.59 Å². The maximum Gasteiger partial charge on any atom is 0.412 e. The molecule has 0 unspecified atom stereocenters. The number of hydrogen-bond donors (Lipinski definition) is 3. The van der Waals surface area contributed by atoms with E-state index in [1.165, 1.54) is 12.0 Å². The summed E-state index contributed by atoms with van der Waals surface area (Å²) in [6.45, 7) is 7.12. The van der Waals surface area contributed by atoms with Crippen molar-refractivity contribution in [3.63, 3.8) is 0 Å². The predicted molar refractivity (Wildman–Crippen MR) is 207 cm³/mol. The van der Waals surface area contributed by atoms with Crippen molar-refractivity contribution in [2.45, 2.75) is 76.2 Å². The Morgan fingerprint density at radius 3 is 2.55 bits per heavy atom. The maximum atomic E-state index is 13.9. The van der Waals surface area contributed by atoms with Gasteiger partial charge in [-0.2, -0.15) is 0 Å². The number of aliphatic hydroxyl groups excluding tert-OH is 2. The third kappa shape index (κ3) is 9.88. The van der Waals surface area contributed by atoms with Gasteiger partial charge in [0.2, 0.25) is 5.79 Å². The Balaban J connectivity index is 1.58. The van der Waals surface area contributed by atoms with Crippen molar-refractivity contribution in [3.8, 4) is 11.5 Å². The lowest BCUT2D eigenvalue weighted by molar-refractivity contribution is -0.253. The van der Waals surface area contributed by atoms with Crippen molar-refractivity contribution in [1.82, 2.24) is 10.2 Å². The van der Waals surface area contributed by atoms with Gasteiger partial charge < -0.3 is 49.0 Å². The van der Waals surface area contributed by atoms with Crippen molar-refractivity contribution in [2.75, 3.05) is 53.7 Å². The van der Waals surface area contributed by atoms with Crippen LogP contribution in [0.15, 0.2) is 78.0 Å². The summed E-state index contributed by atoms with van der Waals surface area (Å²) in [6.07, 6.45) is 7.49. The number of amides is 2. The first-order valence-corrected chi connectivity index (χ1v) is 19.4. The molecule has 5 rings (SSSR count). The molecule has 3 N–H and O–H groups in total. The number of likely N-dealkylation sites (N-methyl/N-ethyl adjacent to an activating group) is 1. The van der Waals surface area contributed by atoms with Crippen LogP contribution in [-0.2, 0) is 25.7 Å². The molecule has 1 saturated carbocycles. The lowest BCUT2D eigenvalue weighted by Crippen LogP contribution is -2.69. The minimum atomic E-state index is -1.42. The average molecular weight is 764 g/mol. The number of oxime groups is 1. The molecule has 6 atom stereocenters. The summed E-state index contributed by atoms with van der Waals surface area (Å²) in [5.74, 6) is -1.18. The van der Waals surface area contributed by atoms with Crippen molar-refractivity contribution < 1.29 is 48.3 Å². The Kier molecular flexibility index (Phi) is 15.5. The Hall–Kier alpha value is -4.43. The van der Waals surface area contributed by atoms with Crippen LogP contribution >= 0.6 is 0 Å². The van der Waals surface area contributed by atoms with Crippen molar-refractivity contribution in [2.24, 2.45) is 22.9 Å². The molecule has 13 nitrogen and oxygen atoms in total. The molecule has 1 heterocycles. The predicted octanol–water partition coefficient (Wildman–Crippen LogP) is 6.34. The van der Waals surface area contributed by atoms with Gasteiger partial charge in [-0.15, -0.1) is 6.58 Å². The number of fused-ring (bicyclic) bond motifs is 2. The van der Waals surface area contributed by atoms with Gasteiger partial charge in [-0.25, -0.2) is 9.59 Å². The topological polar surface area (TPSA) is 158 Å². The molecule has 55 heavy (non-hydrogen) atoms. The Morgan fingerprint density at radius 1 is 1.07 bits per heavy atom. The normalized spacial score (nSPS) is 24.4. The molecule has 0 spiro atoms. The van der Waals surface area contributed by atoms with E-state index >= 15 is 0 Å². The second kappa shape index (κ2) is 20.5. The summed E-state index contributed by atoms with van der Waals surface area (Å²) in [6, 6.07) is 14.4. The monoisotopic (exact) mass is 763 g/mol. The number of carbonyl (C=O) groups excluding carboxylic acids is 2. The van der Waals surface area contributed by atoms with Crippen LogP contribution in [0.5, 0.6) is 11.5 Å². The highest BCUT2D eigenvalue weighted by atomic mass is 16.7. The highest BCUT2D eigenvalue weighted by molar-refractivity contribution is 6.02. The zero-order valence-corrected chi connectivity index (χ0v) is 32.3. The minimum Gasteiger partial charge on any atom is -0.459 e. The number of unbranched alkanes of at least 4 members (excludes halogenated alkanes) is 2. The second-order valence-corrected chi connectivity index (χ2v) is 14.1. The average Bonchev–Trinajstić information content (AvgIpc) is 3.19. The SMILES string of the molecule is C=CCO[C@@]12Oc3ccc(OC(=O)NCC)cc3[C@H]3[C@H](CCCCO)[C@@H](CCCCO)C=C(C(=NOC)C[C@@H]1N(C)C(=O)OCCOCc1ccccc1)[C@H]32. The standard InChI is InChI=1S/C42H57N3O10/c1-5-22-53-42-37(45(3)41(49)52-24-23-51-28-29-14-8-7-9-15-29)27-35(44-50-4)33-25-30(16-10-12-20-46)32(17-11-13-21-47)38(39(33)42)34-26-31(18-19-36(34)55-42)54-40(48)43-6-2/h5,7-9,14-15,18-19,25-26,30,32,37-39,46-47H,1,6,10-13,16-17,20-24,27-28H2,2-4H3,(H,43,48)/t30-,32+,37-,38+,39+,42+/m0/s1. The second-order valence-electron chi connectivity index (χ2n) is 14.1. The molecule has 0 bridgehead atoms. The van der Waals surface area contributed by atoms with E-state index in [0.717, 1.165) is 42.4 Å². The number of hydrogen-bond acceptors (Lipinski definition) is 11. The fourth-order valence-electron chi connectivity index (χ4n) is 8.37. The summed E-state index contributed by atoms with van der Waals surface area (Å²) >= 11 is 0. The third-order valence-corrected chi connectivity index (χ3v) is 10.7. The smallest absolute Gasteiger partial charge is 0.412 e. The fourth-order valence-corrected chi connectivity index (χ4v) is 8.37. The number of nitrogens with one attached hydrogen (secondary N) is 1. The first kappa shape index (κ1) is 41.7. The van der Waals surface area contributed by atoms with Gasteiger partial charge in [0.25, 0.3) is 0 Å². The molecule has 300 valence electrons. The highest BCUT2D eigenvalue weighted by Crippen LogP contribution is 2.61. The van der Waals surface area contributed by atoms with E-state index in [-0.39, 0.29) is 57.2 Å². The van der Waals surface area contributed by atoms with E-state index in [9.17, 15) is 19.8 Å². The first-order chi connectivity index (χ1) is 26.8. The van der Waals surface area contributed by atoms with Gasteiger partial charge in [-0.3, -0.25) is 0 Å². The molecule has 2 aromatic carbocycles. The van der Waals surface area contributed by atoms with Crippen LogP contribution in [0.25, 0.3) is 0 Å². The number of rotatable bonds is 20. The first-order valence-electron chi connectivity index (χ1n) is 19.4. The minimum absolute atomic E-state index is 0.0228. The number of allylic oxidation sites excluding steroid dienone is 1. The van der Waals surface area contributed by atoms with Crippen LogP contribution < -0.4 is 14.8 Å². The molecule has 3 aliphatic rings. The lowest BCUT2D eigenvalue weighted by atomic mass is 9.55. The number of benzene rings is 2. The number of ether oxygens (including phenoxy) is 5. The summed E-state index contributed by atoms with van der Waals surface area (Å²) in [7, 11) is 3.17. The molecule has 2 aromatic rings. The molecule has 0 radical (unpaired) electrons.